The Morgan fingerprint density at radius 3 is 2.16 bits per heavy atom. The smallest absolute Gasteiger partial charge is 0.333 e. The standard InChI is InChI=1S/C15H20O4/c1-8(15(18)19-5)6-7-12-11(4)13(16)9(2)10(3)14(12)17/h6,16-17H,7H2,1-5H3. The normalized spacial score (nSPS) is 11.5. The van der Waals surface area contributed by atoms with Gasteiger partial charge in [0.2, 0.25) is 0 Å². The summed E-state index contributed by atoms with van der Waals surface area (Å²) in [6.45, 7) is 6.91. The summed E-state index contributed by atoms with van der Waals surface area (Å²) in [6.07, 6.45) is 2.05. The summed E-state index contributed by atoms with van der Waals surface area (Å²) in [5, 5.41) is 20.1. The maximum Gasteiger partial charge on any atom is 0.333 e. The molecule has 0 aliphatic carbocycles. The molecule has 1 rings (SSSR count). The molecule has 0 bridgehead atoms. The molecular formula is C15H20O4. The van der Waals surface area contributed by atoms with Gasteiger partial charge < -0.3 is 14.9 Å². The van der Waals surface area contributed by atoms with E-state index in [1.165, 1.54) is 7.11 Å². The Kier molecular flexibility index (Phi) is 4.59. The predicted octanol–water partition coefficient (Wildman–Crippen LogP) is 2.68. The molecule has 0 amide bonds. The molecule has 0 saturated carbocycles. The fraction of sp³-hybridized carbons (Fsp3) is 0.400. The van der Waals surface area contributed by atoms with Crippen LogP contribution in [0, 0.1) is 20.8 Å². The predicted molar refractivity (Wildman–Crippen MR) is 73.5 cm³/mol. The lowest BCUT2D eigenvalue weighted by Crippen LogP contribution is -2.02. The summed E-state index contributed by atoms with van der Waals surface area (Å²) in [5.41, 5.74) is 3.06. The highest BCUT2D eigenvalue weighted by Crippen LogP contribution is 2.36. The van der Waals surface area contributed by atoms with Crippen LogP contribution in [0.4, 0.5) is 0 Å². The third-order valence-corrected chi connectivity index (χ3v) is 3.49. The summed E-state index contributed by atoms with van der Waals surface area (Å²) in [4.78, 5) is 11.3. The molecule has 0 saturated heterocycles. The summed E-state index contributed by atoms with van der Waals surface area (Å²) in [7, 11) is 1.32. The van der Waals surface area contributed by atoms with Crippen LogP contribution in [0.2, 0.25) is 0 Å². The summed E-state index contributed by atoms with van der Waals surface area (Å²) in [5.74, 6) is -0.0404. The number of hydrogen-bond donors (Lipinski definition) is 2. The molecule has 19 heavy (non-hydrogen) atoms. The topological polar surface area (TPSA) is 66.8 Å². The number of ether oxygens (including phenoxy) is 1. The van der Waals surface area contributed by atoms with E-state index in [9.17, 15) is 15.0 Å². The quantitative estimate of drug-likeness (QED) is 0.500. The van der Waals surface area contributed by atoms with Crippen LogP contribution in [0.3, 0.4) is 0 Å². The van der Waals surface area contributed by atoms with Crippen LogP contribution in [0.5, 0.6) is 11.5 Å². The molecular weight excluding hydrogens is 244 g/mol. The van der Waals surface area contributed by atoms with E-state index in [4.69, 9.17) is 0 Å². The van der Waals surface area contributed by atoms with Gasteiger partial charge in [-0.15, -0.1) is 0 Å². The number of aromatic hydroxyl groups is 2. The third kappa shape index (κ3) is 2.89. The van der Waals surface area contributed by atoms with Crippen molar-refractivity contribution in [2.45, 2.75) is 34.1 Å². The van der Waals surface area contributed by atoms with Crippen LogP contribution >= 0.6 is 0 Å². The van der Waals surface area contributed by atoms with Crippen LogP contribution in [0.15, 0.2) is 11.6 Å². The molecule has 0 aliphatic heterocycles. The minimum atomic E-state index is -0.398. The fourth-order valence-electron chi connectivity index (χ4n) is 1.93. The van der Waals surface area contributed by atoms with E-state index >= 15 is 0 Å². The second-order valence-electron chi connectivity index (χ2n) is 4.63. The fourth-order valence-corrected chi connectivity index (χ4v) is 1.93. The number of benzene rings is 1. The van der Waals surface area contributed by atoms with Gasteiger partial charge in [-0.05, 0) is 50.8 Å². The second-order valence-corrected chi connectivity index (χ2v) is 4.63. The van der Waals surface area contributed by atoms with E-state index in [1.54, 1.807) is 33.8 Å². The number of rotatable bonds is 3. The second kappa shape index (κ2) is 5.78. The van der Waals surface area contributed by atoms with E-state index in [0.717, 1.165) is 0 Å². The third-order valence-electron chi connectivity index (χ3n) is 3.49. The van der Waals surface area contributed by atoms with Gasteiger partial charge in [0.05, 0.1) is 7.11 Å². The number of methoxy groups -OCH3 is 1. The number of phenols is 2. The van der Waals surface area contributed by atoms with Gasteiger partial charge >= 0.3 is 5.97 Å². The first-order chi connectivity index (χ1) is 8.81. The van der Waals surface area contributed by atoms with Gasteiger partial charge in [0.25, 0.3) is 0 Å². The highest BCUT2D eigenvalue weighted by Gasteiger charge is 2.15. The monoisotopic (exact) mass is 264 g/mol. The van der Waals surface area contributed by atoms with Crippen molar-refractivity contribution < 1.29 is 19.7 Å². The first kappa shape index (κ1) is 15.1. The van der Waals surface area contributed by atoms with E-state index in [2.05, 4.69) is 4.74 Å². The van der Waals surface area contributed by atoms with E-state index in [-0.39, 0.29) is 11.5 Å². The number of carbonyl (C=O) groups is 1. The lowest BCUT2D eigenvalue weighted by molar-refractivity contribution is -0.136. The molecule has 0 unspecified atom stereocenters. The molecule has 104 valence electrons. The maximum absolute atomic E-state index is 11.3. The largest absolute Gasteiger partial charge is 0.507 e. The molecule has 0 aliphatic rings. The molecule has 0 aromatic heterocycles. The number of phenolic OH excluding ortho intramolecular Hbond substituents is 2. The molecule has 1 aromatic rings. The van der Waals surface area contributed by atoms with E-state index in [1.807, 2.05) is 0 Å². The molecule has 0 fully saturated rings. The van der Waals surface area contributed by atoms with Gasteiger partial charge in [0.1, 0.15) is 11.5 Å². The minimum absolute atomic E-state index is 0.168. The van der Waals surface area contributed by atoms with Crippen molar-refractivity contribution in [3.63, 3.8) is 0 Å². The van der Waals surface area contributed by atoms with Crippen LogP contribution in [-0.4, -0.2) is 23.3 Å². The van der Waals surface area contributed by atoms with Crippen molar-refractivity contribution in [1.82, 2.24) is 0 Å². The zero-order valence-corrected chi connectivity index (χ0v) is 12.0. The van der Waals surface area contributed by atoms with Gasteiger partial charge in [0.15, 0.2) is 0 Å². The highest BCUT2D eigenvalue weighted by atomic mass is 16.5. The van der Waals surface area contributed by atoms with Gasteiger partial charge in [-0.25, -0.2) is 4.79 Å². The van der Waals surface area contributed by atoms with Crippen molar-refractivity contribution in [2.24, 2.45) is 0 Å². The molecule has 2 N–H and O–H groups in total. The Morgan fingerprint density at radius 1 is 1.11 bits per heavy atom. The van der Waals surface area contributed by atoms with Crippen LogP contribution in [0.1, 0.15) is 29.2 Å². The Morgan fingerprint density at radius 2 is 1.63 bits per heavy atom. The zero-order valence-electron chi connectivity index (χ0n) is 12.0. The lowest BCUT2D eigenvalue weighted by Gasteiger charge is -2.15. The lowest BCUT2D eigenvalue weighted by atomic mass is 9.95. The number of esters is 1. The first-order valence-corrected chi connectivity index (χ1v) is 6.06. The highest BCUT2D eigenvalue weighted by molar-refractivity contribution is 5.87. The van der Waals surface area contributed by atoms with Crippen LogP contribution in [-0.2, 0) is 16.0 Å². The van der Waals surface area contributed by atoms with Crippen molar-refractivity contribution >= 4 is 5.97 Å². The summed E-state index contributed by atoms with van der Waals surface area (Å²) in [6, 6.07) is 0. The SMILES string of the molecule is COC(=O)C(C)=CCc1c(C)c(O)c(C)c(C)c1O. The van der Waals surface area contributed by atoms with Crippen LogP contribution < -0.4 is 0 Å². The molecule has 4 heteroatoms. The van der Waals surface area contributed by atoms with Crippen molar-refractivity contribution in [3.05, 3.63) is 33.9 Å². The van der Waals surface area contributed by atoms with Crippen LogP contribution in [0.25, 0.3) is 0 Å². The molecule has 0 atom stereocenters. The van der Waals surface area contributed by atoms with Gasteiger partial charge in [-0.1, -0.05) is 6.08 Å². The Balaban J connectivity index is 3.20. The molecule has 4 nitrogen and oxygen atoms in total. The molecule has 0 radical (unpaired) electrons. The Labute approximate surface area is 113 Å². The number of hydrogen-bond acceptors (Lipinski definition) is 4. The van der Waals surface area contributed by atoms with Gasteiger partial charge in [-0.3, -0.25) is 0 Å². The van der Waals surface area contributed by atoms with Crippen molar-refractivity contribution in [2.75, 3.05) is 7.11 Å². The van der Waals surface area contributed by atoms with E-state index < -0.39 is 5.97 Å². The summed E-state index contributed by atoms with van der Waals surface area (Å²) < 4.78 is 4.61. The Bertz CT molecular complexity index is 513. The maximum atomic E-state index is 11.3. The summed E-state index contributed by atoms with van der Waals surface area (Å²) >= 11 is 0. The van der Waals surface area contributed by atoms with E-state index in [0.29, 0.717) is 34.2 Å². The zero-order chi connectivity index (χ0) is 14.7. The minimum Gasteiger partial charge on any atom is -0.507 e. The van der Waals surface area contributed by atoms with Crippen molar-refractivity contribution in [3.8, 4) is 11.5 Å². The number of carbonyl (C=O) groups excluding carboxylic acids is 1. The number of allylic oxidation sites excluding steroid dienone is 1. The average molecular weight is 264 g/mol. The average Bonchev–Trinajstić information content (AvgIpc) is 2.41. The van der Waals surface area contributed by atoms with Gasteiger partial charge in [-0.2, -0.15) is 0 Å². The molecule has 1 aromatic carbocycles. The first-order valence-electron chi connectivity index (χ1n) is 6.06. The van der Waals surface area contributed by atoms with Gasteiger partial charge in [0, 0.05) is 11.1 Å². The Hall–Kier alpha value is -1.97. The van der Waals surface area contributed by atoms with Crippen molar-refractivity contribution in [1.29, 1.82) is 0 Å². The molecule has 0 spiro atoms. The molecule has 0 heterocycles.